The van der Waals surface area contributed by atoms with Gasteiger partial charge in [0.05, 0.1) is 44.7 Å². The van der Waals surface area contributed by atoms with E-state index in [0.29, 0.717) is 46.6 Å². The van der Waals surface area contributed by atoms with E-state index in [1.54, 1.807) is 21.3 Å². The quantitative estimate of drug-likeness (QED) is 0.355. The molecule has 3 aromatic rings. The van der Waals surface area contributed by atoms with Gasteiger partial charge in [-0.15, -0.1) is 0 Å². The van der Waals surface area contributed by atoms with Gasteiger partial charge >= 0.3 is 11.9 Å². The number of esters is 2. The summed E-state index contributed by atoms with van der Waals surface area (Å²) < 4.78 is 27.4. The zero-order valence-corrected chi connectivity index (χ0v) is 23.8. The first-order valence-corrected chi connectivity index (χ1v) is 13.4. The van der Waals surface area contributed by atoms with Gasteiger partial charge in [-0.25, -0.2) is 14.6 Å². The highest BCUT2D eigenvalue weighted by molar-refractivity contribution is 6.07. The Morgan fingerprint density at radius 2 is 1.73 bits per heavy atom. The monoisotopic (exact) mass is 545 g/mol. The molecule has 0 amide bonds. The molecule has 0 bridgehead atoms. The van der Waals surface area contributed by atoms with Crippen molar-refractivity contribution in [1.29, 1.82) is 0 Å². The van der Waals surface area contributed by atoms with E-state index in [1.165, 1.54) is 0 Å². The predicted molar refractivity (Wildman–Crippen MR) is 152 cm³/mol. The molecular formula is C32H35NO7. The minimum absolute atomic E-state index is 0.0475. The van der Waals surface area contributed by atoms with Crippen molar-refractivity contribution >= 4 is 34.5 Å². The number of rotatable bonds is 6. The average Bonchev–Trinajstić information content (AvgIpc) is 3.34. The highest BCUT2D eigenvalue weighted by atomic mass is 16.6. The van der Waals surface area contributed by atoms with E-state index >= 15 is 0 Å². The summed E-state index contributed by atoms with van der Waals surface area (Å²) in [6, 6.07) is 11.4. The summed E-state index contributed by atoms with van der Waals surface area (Å²) in [5.41, 5.74) is 4.55. The lowest BCUT2D eigenvalue weighted by atomic mass is 9.69. The Morgan fingerprint density at radius 1 is 1.02 bits per heavy atom. The normalized spacial score (nSPS) is 19.8. The molecular weight excluding hydrogens is 510 g/mol. The topological polar surface area (TPSA) is 93.2 Å². The number of allylic oxidation sites excluding steroid dienone is 1. The van der Waals surface area contributed by atoms with Crippen molar-refractivity contribution in [3.63, 3.8) is 0 Å². The van der Waals surface area contributed by atoms with Gasteiger partial charge in [-0.1, -0.05) is 39.0 Å². The van der Waals surface area contributed by atoms with Gasteiger partial charge < -0.3 is 23.7 Å². The largest absolute Gasteiger partial charge is 0.493 e. The van der Waals surface area contributed by atoms with Crippen LogP contribution in [0.2, 0.25) is 0 Å². The van der Waals surface area contributed by atoms with E-state index < -0.39 is 18.0 Å². The van der Waals surface area contributed by atoms with Gasteiger partial charge in [0.25, 0.3) is 0 Å². The van der Waals surface area contributed by atoms with Crippen LogP contribution in [0.15, 0.2) is 36.4 Å². The van der Waals surface area contributed by atoms with Crippen LogP contribution in [-0.4, -0.2) is 51.0 Å². The minimum atomic E-state index is -0.897. The van der Waals surface area contributed by atoms with Crippen molar-refractivity contribution in [2.45, 2.75) is 46.1 Å². The van der Waals surface area contributed by atoms with E-state index in [4.69, 9.17) is 28.7 Å². The SMILES string of the molecule is COc1cc(C=C2CC(C(C)(C)C)Cc3c2nc2ccccc2c3C(=O)OC2CCOC2=O)cc(OC)c1OC. The molecule has 1 saturated heterocycles. The van der Waals surface area contributed by atoms with E-state index in [-0.39, 0.29) is 17.9 Å². The highest BCUT2D eigenvalue weighted by Crippen LogP contribution is 2.46. The van der Waals surface area contributed by atoms with Crippen LogP contribution in [0.1, 0.15) is 60.8 Å². The summed E-state index contributed by atoms with van der Waals surface area (Å²) in [7, 11) is 4.75. The van der Waals surface area contributed by atoms with E-state index in [1.807, 2.05) is 36.4 Å². The van der Waals surface area contributed by atoms with Crippen molar-refractivity contribution in [2.24, 2.45) is 11.3 Å². The molecule has 40 heavy (non-hydrogen) atoms. The lowest BCUT2D eigenvalue weighted by molar-refractivity contribution is -0.145. The molecule has 2 atom stereocenters. The molecule has 5 rings (SSSR count). The molecule has 1 aromatic heterocycles. The molecule has 2 aliphatic rings. The van der Waals surface area contributed by atoms with Crippen LogP contribution < -0.4 is 14.2 Å². The first-order chi connectivity index (χ1) is 19.1. The Bertz CT molecular complexity index is 1480. The van der Waals surface area contributed by atoms with Crippen molar-refractivity contribution in [1.82, 2.24) is 4.98 Å². The molecule has 0 radical (unpaired) electrons. The summed E-state index contributed by atoms with van der Waals surface area (Å²) in [5.74, 6) is 0.812. The lowest BCUT2D eigenvalue weighted by Crippen LogP contribution is -2.30. The van der Waals surface area contributed by atoms with Crippen LogP contribution in [0, 0.1) is 11.3 Å². The number of hydrogen-bond acceptors (Lipinski definition) is 8. The molecule has 2 unspecified atom stereocenters. The highest BCUT2D eigenvalue weighted by Gasteiger charge is 2.37. The van der Waals surface area contributed by atoms with Crippen LogP contribution in [0.5, 0.6) is 17.2 Å². The zero-order chi connectivity index (χ0) is 28.6. The fourth-order valence-electron chi connectivity index (χ4n) is 5.53. The number of hydrogen-bond donors (Lipinski definition) is 0. The van der Waals surface area contributed by atoms with Gasteiger partial charge in [-0.3, -0.25) is 0 Å². The van der Waals surface area contributed by atoms with Crippen molar-refractivity contribution in [3.05, 3.63) is 58.8 Å². The second-order valence-corrected chi connectivity index (χ2v) is 11.3. The van der Waals surface area contributed by atoms with Crippen LogP contribution >= 0.6 is 0 Å². The smallest absolute Gasteiger partial charge is 0.347 e. The number of carbonyl (C=O) groups is 2. The summed E-state index contributed by atoms with van der Waals surface area (Å²) in [6.45, 7) is 6.88. The standard InChI is InChI=1S/C32H35NO7/c1-32(2,3)20-16-19(13-18-14-25(36-4)29(38-6)26(15-18)37-5)28-22(17-20)27(21-9-7-8-10-23(21)33-28)31(35)40-24-11-12-39-30(24)34/h7-10,13-15,20,24H,11-12,16-17H2,1-6H3. The molecule has 2 aromatic carbocycles. The predicted octanol–water partition coefficient (Wildman–Crippen LogP) is 5.88. The summed E-state index contributed by atoms with van der Waals surface area (Å²) in [4.78, 5) is 31.0. The Labute approximate surface area is 234 Å². The number of pyridine rings is 1. The molecule has 8 heteroatoms. The fourth-order valence-corrected chi connectivity index (χ4v) is 5.53. The number of nitrogens with zero attached hydrogens (tertiary/aromatic N) is 1. The van der Waals surface area contributed by atoms with E-state index in [9.17, 15) is 9.59 Å². The van der Waals surface area contributed by atoms with Crippen LogP contribution in [0.3, 0.4) is 0 Å². The first kappa shape index (κ1) is 27.5. The molecule has 210 valence electrons. The summed E-state index contributed by atoms with van der Waals surface area (Å²) in [6.07, 6.45) is 2.95. The zero-order valence-electron chi connectivity index (χ0n) is 23.8. The second kappa shape index (κ2) is 10.8. The van der Waals surface area contributed by atoms with Crippen molar-refractivity contribution < 1.29 is 33.3 Å². The Balaban J connectivity index is 1.71. The molecule has 0 spiro atoms. The second-order valence-electron chi connectivity index (χ2n) is 11.3. The molecule has 2 heterocycles. The van der Waals surface area contributed by atoms with Crippen molar-refractivity contribution in [2.75, 3.05) is 27.9 Å². The Morgan fingerprint density at radius 3 is 2.33 bits per heavy atom. The number of cyclic esters (lactones) is 1. The minimum Gasteiger partial charge on any atom is -0.493 e. The maximum Gasteiger partial charge on any atom is 0.347 e. The van der Waals surface area contributed by atoms with Crippen LogP contribution in [0.25, 0.3) is 22.6 Å². The van der Waals surface area contributed by atoms with Crippen molar-refractivity contribution in [3.8, 4) is 17.2 Å². The summed E-state index contributed by atoms with van der Waals surface area (Å²) >= 11 is 0. The summed E-state index contributed by atoms with van der Waals surface area (Å²) in [5, 5.41) is 0.708. The number of para-hydroxylation sites is 1. The number of methoxy groups -OCH3 is 3. The molecule has 1 fully saturated rings. The van der Waals surface area contributed by atoms with Crippen LogP contribution in [0.4, 0.5) is 0 Å². The first-order valence-electron chi connectivity index (χ1n) is 13.4. The molecule has 0 saturated carbocycles. The molecule has 1 aliphatic carbocycles. The number of carbonyl (C=O) groups excluding carboxylic acids is 2. The van der Waals surface area contributed by atoms with Crippen LogP contribution in [-0.2, 0) is 20.7 Å². The number of benzene rings is 2. The number of fused-ring (bicyclic) bond motifs is 2. The maximum absolute atomic E-state index is 13.8. The lowest BCUT2D eigenvalue weighted by Gasteiger charge is -2.36. The van der Waals surface area contributed by atoms with Gasteiger partial charge in [-0.05, 0) is 65.1 Å². The van der Waals surface area contributed by atoms with Gasteiger partial charge in [-0.2, -0.15) is 0 Å². The molecule has 8 nitrogen and oxygen atoms in total. The van der Waals surface area contributed by atoms with E-state index in [0.717, 1.165) is 28.8 Å². The molecule has 0 N–H and O–H groups in total. The molecule has 1 aliphatic heterocycles. The third kappa shape index (κ3) is 5.10. The average molecular weight is 546 g/mol. The van der Waals surface area contributed by atoms with Gasteiger partial charge in [0, 0.05) is 11.8 Å². The van der Waals surface area contributed by atoms with Gasteiger partial charge in [0.2, 0.25) is 11.9 Å². The van der Waals surface area contributed by atoms with Gasteiger partial charge in [0.15, 0.2) is 11.5 Å². The third-order valence-electron chi connectivity index (χ3n) is 7.81. The van der Waals surface area contributed by atoms with Gasteiger partial charge in [0.1, 0.15) is 0 Å². The number of ether oxygens (including phenoxy) is 5. The maximum atomic E-state index is 13.8. The number of aromatic nitrogens is 1. The van der Waals surface area contributed by atoms with E-state index in [2.05, 4.69) is 26.8 Å². The Kier molecular flexibility index (Phi) is 7.45. The Hall–Kier alpha value is -4.07. The third-order valence-corrected chi connectivity index (χ3v) is 7.81. The fraction of sp³-hybridized carbons (Fsp3) is 0.406.